The van der Waals surface area contributed by atoms with Crippen molar-refractivity contribution in [3.05, 3.63) is 41.7 Å². The van der Waals surface area contributed by atoms with Crippen LogP contribution in [0.2, 0.25) is 0 Å². The van der Waals surface area contributed by atoms with Gasteiger partial charge in [-0.2, -0.15) is 5.10 Å². The average Bonchev–Trinajstić information content (AvgIpc) is 3.41. The fourth-order valence-electron chi connectivity index (χ4n) is 6.20. The van der Waals surface area contributed by atoms with Gasteiger partial charge >= 0.3 is 6.03 Å². The highest BCUT2D eigenvalue weighted by atomic mass is 16.2. The quantitative estimate of drug-likeness (QED) is 0.846. The number of nitrogens with zero attached hydrogens (tertiary/aromatic N) is 2. The summed E-state index contributed by atoms with van der Waals surface area (Å²) in [6, 6.07) is 10.3. The van der Waals surface area contributed by atoms with E-state index in [9.17, 15) is 4.79 Å². The molecule has 27 heavy (non-hydrogen) atoms. The number of amides is 2. The number of benzene rings is 1. The summed E-state index contributed by atoms with van der Waals surface area (Å²) in [4.78, 5) is 12.7. The maximum absolute atomic E-state index is 12.7. The maximum Gasteiger partial charge on any atom is 0.319 e. The molecular weight excluding hydrogens is 336 g/mol. The van der Waals surface area contributed by atoms with Crippen molar-refractivity contribution in [2.75, 3.05) is 5.32 Å². The minimum Gasteiger partial charge on any atom is -0.335 e. The number of anilines is 1. The fourth-order valence-corrected chi connectivity index (χ4v) is 6.20. The molecule has 1 aromatic heterocycles. The highest BCUT2D eigenvalue weighted by Crippen LogP contribution is 2.58. The fraction of sp³-hybridized carbons (Fsp3) is 0.545. The van der Waals surface area contributed by atoms with Gasteiger partial charge in [0.2, 0.25) is 0 Å². The van der Waals surface area contributed by atoms with E-state index in [0.29, 0.717) is 12.0 Å². The van der Waals surface area contributed by atoms with Crippen LogP contribution in [0, 0.1) is 37.5 Å². The summed E-state index contributed by atoms with van der Waals surface area (Å²) in [5, 5.41) is 11.0. The second-order valence-corrected chi connectivity index (χ2v) is 8.65. The monoisotopic (exact) mass is 364 g/mol. The first kappa shape index (κ1) is 16.8. The molecular formula is C22H28N4O. The number of carbonyl (C=O) groups excluding carboxylic acids is 1. The SMILES string of the molecule is Cc1nn(-c2ccccc2)c(C)c1NC(=O)NC1CC2CC1C1CCCC21. The summed E-state index contributed by atoms with van der Waals surface area (Å²) in [6.45, 7) is 3.95. The molecule has 2 bridgehead atoms. The van der Waals surface area contributed by atoms with Gasteiger partial charge in [0, 0.05) is 6.04 Å². The lowest BCUT2D eigenvalue weighted by Gasteiger charge is -2.32. The zero-order valence-electron chi connectivity index (χ0n) is 16.1. The number of aryl methyl sites for hydroxylation is 1. The maximum atomic E-state index is 12.7. The van der Waals surface area contributed by atoms with Gasteiger partial charge < -0.3 is 10.6 Å². The molecule has 0 aliphatic heterocycles. The molecule has 5 unspecified atom stereocenters. The van der Waals surface area contributed by atoms with Crippen molar-refractivity contribution in [3.63, 3.8) is 0 Å². The van der Waals surface area contributed by atoms with Crippen LogP contribution in [-0.4, -0.2) is 21.9 Å². The molecule has 5 rings (SSSR count). The van der Waals surface area contributed by atoms with Gasteiger partial charge in [-0.25, -0.2) is 9.48 Å². The number of aromatic nitrogens is 2. The third kappa shape index (κ3) is 2.75. The first-order chi connectivity index (χ1) is 13.1. The zero-order chi connectivity index (χ0) is 18.5. The molecule has 2 amide bonds. The summed E-state index contributed by atoms with van der Waals surface area (Å²) in [6.07, 6.45) is 6.67. The van der Waals surface area contributed by atoms with Crippen LogP contribution in [0.3, 0.4) is 0 Å². The Labute approximate surface area is 160 Å². The van der Waals surface area contributed by atoms with E-state index in [-0.39, 0.29) is 6.03 Å². The largest absolute Gasteiger partial charge is 0.335 e. The van der Waals surface area contributed by atoms with Crippen molar-refractivity contribution in [2.45, 2.75) is 52.0 Å². The summed E-state index contributed by atoms with van der Waals surface area (Å²) >= 11 is 0. The lowest BCUT2D eigenvalue weighted by molar-refractivity contribution is 0.203. The number of hydrogen-bond acceptors (Lipinski definition) is 2. The number of urea groups is 1. The minimum absolute atomic E-state index is 0.0825. The predicted octanol–water partition coefficient (Wildman–Crippen LogP) is 4.44. The van der Waals surface area contributed by atoms with Gasteiger partial charge in [-0.15, -0.1) is 0 Å². The number of hydrogen-bond donors (Lipinski definition) is 2. The first-order valence-corrected chi connectivity index (χ1v) is 10.3. The molecule has 142 valence electrons. The minimum atomic E-state index is -0.0825. The van der Waals surface area contributed by atoms with Crippen molar-refractivity contribution in [3.8, 4) is 5.69 Å². The standard InChI is InChI=1S/C22H28N4O/c1-13-21(14(2)26(25-13)16-7-4-3-5-8-16)24-22(27)23-20-12-15-11-19(20)18-10-6-9-17(15)18/h3-5,7-8,15,17-20H,6,9-12H2,1-2H3,(H2,23,24,27). The third-order valence-corrected chi connectivity index (χ3v) is 7.28. The Morgan fingerprint density at radius 3 is 2.67 bits per heavy atom. The smallest absolute Gasteiger partial charge is 0.319 e. The van der Waals surface area contributed by atoms with Gasteiger partial charge in [0.25, 0.3) is 0 Å². The molecule has 2 aromatic rings. The molecule has 2 N–H and O–H groups in total. The molecule has 1 aromatic carbocycles. The van der Waals surface area contributed by atoms with Gasteiger partial charge in [-0.1, -0.05) is 24.6 Å². The summed E-state index contributed by atoms with van der Waals surface area (Å²) in [7, 11) is 0. The van der Waals surface area contributed by atoms with Gasteiger partial charge in [0.1, 0.15) is 0 Å². The second-order valence-electron chi connectivity index (χ2n) is 8.65. The van der Waals surface area contributed by atoms with Gasteiger partial charge in [-0.3, -0.25) is 0 Å². The van der Waals surface area contributed by atoms with E-state index >= 15 is 0 Å². The third-order valence-electron chi connectivity index (χ3n) is 7.28. The Bertz CT molecular complexity index is 859. The first-order valence-electron chi connectivity index (χ1n) is 10.3. The molecule has 0 spiro atoms. The normalized spacial score (nSPS) is 31.1. The van der Waals surface area contributed by atoms with Crippen LogP contribution in [0.4, 0.5) is 10.5 Å². The number of nitrogens with one attached hydrogen (secondary N) is 2. The predicted molar refractivity (Wildman–Crippen MR) is 106 cm³/mol. The second kappa shape index (κ2) is 6.39. The Morgan fingerprint density at radius 2 is 1.85 bits per heavy atom. The number of fused-ring (bicyclic) bond motifs is 5. The van der Waals surface area contributed by atoms with E-state index in [4.69, 9.17) is 0 Å². The van der Waals surface area contributed by atoms with Crippen molar-refractivity contribution in [1.82, 2.24) is 15.1 Å². The van der Waals surface area contributed by atoms with Crippen LogP contribution in [0.25, 0.3) is 5.69 Å². The van der Waals surface area contributed by atoms with E-state index < -0.39 is 0 Å². The van der Waals surface area contributed by atoms with E-state index in [2.05, 4.69) is 15.7 Å². The van der Waals surface area contributed by atoms with Crippen LogP contribution < -0.4 is 10.6 Å². The van der Waals surface area contributed by atoms with E-state index in [1.54, 1.807) is 0 Å². The highest BCUT2D eigenvalue weighted by molar-refractivity contribution is 5.90. The Hall–Kier alpha value is -2.30. The van der Waals surface area contributed by atoms with E-state index in [1.807, 2.05) is 48.9 Å². The molecule has 5 atom stereocenters. The van der Waals surface area contributed by atoms with Crippen LogP contribution in [0.5, 0.6) is 0 Å². The molecule has 3 saturated carbocycles. The Balaban J connectivity index is 1.29. The van der Waals surface area contributed by atoms with Crippen molar-refractivity contribution in [2.24, 2.45) is 23.7 Å². The molecule has 5 heteroatoms. The number of rotatable bonds is 3. The van der Waals surface area contributed by atoms with Gasteiger partial charge in [0.05, 0.1) is 22.8 Å². The molecule has 5 nitrogen and oxygen atoms in total. The van der Waals surface area contributed by atoms with Crippen LogP contribution in [-0.2, 0) is 0 Å². The lowest BCUT2D eigenvalue weighted by atomic mass is 9.79. The summed E-state index contributed by atoms with van der Waals surface area (Å²) in [5.74, 6) is 3.35. The van der Waals surface area contributed by atoms with Gasteiger partial charge in [-0.05, 0) is 75.3 Å². The Kier molecular flexibility index (Phi) is 3.99. The van der Waals surface area contributed by atoms with E-state index in [0.717, 1.165) is 40.5 Å². The molecule has 0 saturated heterocycles. The number of carbonyl (C=O) groups is 1. The molecule has 1 heterocycles. The average molecular weight is 364 g/mol. The van der Waals surface area contributed by atoms with Crippen molar-refractivity contribution in [1.29, 1.82) is 0 Å². The highest BCUT2D eigenvalue weighted by Gasteiger charge is 2.54. The molecule has 0 radical (unpaired) electrons. The summed E-state index contributed by atoms with van der Waals surface area (Å²) in [5.41, 5.74) is 3.62. The number of para-hydroxylation sites is 1. The van der Waals surface area contributed by atoms with Crippen LogP contribution in [0.15, 0.2) is 30.3 Å². The summed E-state index contributed by atoms with van der Waals surface area (Å²) < 4.78 is 1.89. The van der Waals surface area contributed by atoms with Crippen LogP contribution >= 0.6 is 0 Å². The van der Waals surface area contributed by atoms with Crippen molar-refractivity contribution < 1.29 is 4.79 Å². The molecule has 3 aliphatic rings. The zero-order valence-corrected chi connectivity index (χ0v) is 16.1. The van der Waals surface area contributed by atoms with E-state index in [1.165, 1.54) is 32.1 Å². The Morgan fingerprint density at radius 1 is 1.07 bits per heavy atom. The van der Waals surface area contributed by atoms with Gasteiger partial charge in [0.15, 0.2) is 0 Å². The van der Waals surface area contributed by atoms with Crippen molar-refractivity contribution >= 4 is 11.7 Å². The topological polar surface area (TPSA) is 59.0 Å². The molecule has 3 fully saturated rings. The van der Waals surface area contributed by atoms with Crippen LogP contribution in [0.1, 0.15) is 43.5 Å². The lowest BCUT2D eigenvalue weighted by Crippen LogP contribution is -2.44. The molecule has 3 aliphatic carbocycles.